The summed E-state index contributed by atoms with van der Waals surface area (Å²) in [5.41, 5.74) is 3.33. The van der Waals surface area contributed by atoms with Crippen molar-refractivity contribution < 1.29 is 5.11 Å². The molecule has 18 heavy (non-hydrogen) atoms. The Balaban J connectivity index is 2.69. The largest absolute Gasteiger partial charge is 0.395 e. The molecule has 1 aromatic rings. The van der Waals surface area contributed by atoms with E-state index in [0.717, 1.165) is 18.5 Å². The molecule has 0 spiro atoms. The fourth-order valence-electron chi connectivity index (χ4n) is 2.04. The van der Waals surface area contributed by atoms with E-state index in [1.807, 2.05) is 0 Å². The van der Waals surface area contributed by atoms with Gasteiger partial charge in [-0.05, 0) is 12.8 Å². The van der Waals surface area contributed by atoms with Gasteiger partial charge in [-0.15, -0.1) is 0 Å². The van der Waals surface area contributed by atoms with Crippen LogP contribution in [0.3, 0.4) is 0 Å². The van der Waals surface area contributed by atoms with E-state index in [4.69, 9.17) is 10.9 Å². The monoisotopic (exact) mass is 253 g/mol. The van der Waals surface area contributed by atoms with Gasteiger partial charge < -0.3 is 10.5 Å². The molecule has 0 amide bonds. The highest BCUT2D eigenvalue weighted by Gasteiger charge is 2.15. The van der Waals surface area contributed by atoms with Crippen molar-refractivity contribution in [2.45, 2.75) is 39.3 Å². The minimum absolute atomic E-state index is 0.159. The third-order valence-corrected chi connectivity index (χ3v) is 3.06. The third-order valence-electron chi connectivity index (χ3n) is 3.06. The summed E-state index contributed by atoms with van der Waals surface area (Å²) in [6.07, 6.45) is 5.44. The lowest BCUT2D eigenvalue weighted by Gasteiger charge is -2.29. The van der Waals surface area contributed by atoms with E-state index >= 15 is 0 Å². The van der Waals surface area contributed by atoms with Crippen molar-refractivity contribution >= 4 is 5.82 Å². The van der Waals surface area contributed by atoms with Gasteiger partial charge >= 0.3 is 0 Å². The molecule has 0 aromatic carbocycles. The molecular weight excluding hydrogens is 230 g/mol. The Morgan fingerprint density at radius 1 is 1.33 bits per heavy atom. The molecule has 1 rings (SSSR count). The van der Waals surface area contributed by atoms with E-state index in [-0.39, 0.29) is 6.61 Å². The minimum Gasteiger partial charge on any atom is -0.395 e. The van der Waals surface area contributed by atoms with Gasteiger partial charge in [0, 0.05) is 19.1 Å². The van der Waals surface area contributed by atoms with Crippen LogP contribution in [0.4, 0.5) is 5.82 Å². The molecule has 102 valence electrons. The quantitative estimate of drug-likeness (QED) is 0.468. The lowest BCUT2D eigenvalue weighted by atomic mass is 10.1. The van der Waals surface area contributed by atoms with Crippen molar-refractivity contribution in [3.63, 3.8) is 0 Å². The summed E-state index contributed by atoms with van der Waals surface area (Å²) in [5, 5.41) is 9.13. The molecule has 1 aromatic heterocycles. The van der Waals surface area contributed by atoms with Gasteiger partial charge in [0.15, 0.2) is 5.82 Å². The molecule has 0 bridgehead atoms. The van der Waals surface area contributed by atoms with Crippen molar-refractivity contribution in [1.29, 1.82) is 0 Å². The van der Waals surface area contributed by atoms with Crippen LogP contribution in [-0.4, -0.2) is 39.2 Å². The smallest absolute Gasteiger partial charge is 0.158 e. The molecule has 0 saturated carbocycles. The Labute approximate surface area is 108 Å². The van der Waals surface area contributed by atoms with Gasteiger partial charge in [-0.1, -0.05) is 13.8 Å². The Morgan fingerprint density at radius 2 is 2.06 bits per heavy atom. The van der Waals surface area contributed by atoms with Crippen LogP contribution in [0.1, 0.15) is 32.4 Å². The number of aromatic nitrogens is 2. The number of nitrogen functional groups attached to an aromatic ring is 1. The molecule has 0 aliphatic rings. The molecule has 1 heterocycles. The number of nitrogens with zero attached hydrogens (tertiary/aromatic N) is 3. The van der Waals surface area contributed by atoms with Crippen LogP contribution < -0.4 is 11.3 Å². The van der Waals surface area contributed by atoms with Crippen LogP contribution >= 0.6 is 0 Å². The fraction of sp³-hybridized carbons (Fsp3) is 0.667. The zero-order valence-corrected chi connectivity index (χ0v) is 11.1. The Kier molecular flexibility index (Phi) is 6.56. The van der Waals surface area contributed by atoms with E-state index in [9.17, 15) is 0 Å². The van der Waals surface area contributed by atoms with Gasteiger partial charge in [-0.2, -0.15) is 0 Å². The van der Waals surface area contributed by atoms with E-state index in [1.165, 1.54) is 0 Å². The summed E-state index contributed by atoms with van der Waals surface area (Å²) in [7, 11) is 0. The predicted molar refractivity (Wildman–Crippen MR) is 71.7 cm³/mol. The van der Waals surface area contributed by atoms with Crippen molar-refractivity contribution in [3.05, 3.63) is 18.1 Å². The summed E-state index contributed by atoms with van der Waals surface area (Å²) in [5.74, 6) is 5.80. The topological polar surface area (TPSA) is 87.3 Å². The van der Waals surface area contributed by atoms with E-state index in [1.54, 1.807) is 12.4 Å². The summed E-state index contributed by atoms with van der Waals surface area (Å²) >= 11 is 0. The molecule has 0 radical (unpaired) electrons. The second kappa shape index (κ2) is 7.97. The first-order chi connectivity index (χ1) is 8.74. The van der Waals surface area contributed by atoms with Crippen molar-refractivity contribution in [3.8, 4) is 0 Å². The van der Waals surface area contributed by atoms with Gasteiger partial charge in [0.05, 0.1) is 24.7 Å². The van der Waals surface area contributed by atoms with E-state index < -0.39 is 0 Å². The van der Waals surface area contributed by atoms with Gasteiger partial charge in [0.2, 0.25) is 0 Å². The molecule has 6 nitrogen and oxygen atoms in total. The summed E-state index contributed by atoms with van der Waals surface area (Å²) in [6, 6.07) is 0.464. The Hall–Kier alpha value is -1.24. The minimum atomic E-state index is 0.159. The number of nitrogens with two attached hydrogens (primary N) is 1. The number of hydrogen-bond acceptors (Lipinski definition) is 6. The first-order valence-electron chi connectivity index (χ1n) is 6.37. The molecular formula is C12H23N5O. The van der Waals surface area contributed by atoms with Crippen molar-refractivity contribution in [2.24, 2.45) is 5.84 Å². The molecule has 0 fully saturated rings. The average Bonchev–Trinajstić information content (AvgIpc) is 2.41. The van der Waals surface area contributed by atoms with Gasteiger partial charge in [0.1, 0.15) is 0 Å². The van der Waals surface area contributed by atoms with Crippen LogP contribution in [0.15, 0.2) is 12.4 Å². The van der Waals surface area contributed by atoms with Gasteiger partial charge in [0.25, 0.3) is 0 Å². The van der Waals surface area contributed by atoms with Gasteiger partial charge in [-0.25, -0.2) is 10.8 Å². The Bertz CT molecular complexity index is 326. The molecule has 6 heteroatoms. The standard InChI is InChI=1S/C12H23N5O/c1-3-11(4-2)17(5-6-18)9-10-7-15-12(16-13)8-14-10/h7-8,11,18H,3-6,9,13H2,1-2H3,(H,15,16). The van der Waals surface area contributed by atoms with Crippen LogP contribution in [0.2, 0.25) is 0 Å². The number of rotatable bonds is 8. The number of hydrazine groups is 1. The highest BCUT2D eigenvalue weighted by Crippen LogP contribution is 2.12. The maximum Gasteiger partial charge on any atom is 0.158 e. The van der Waals surface area contributed by atoms with Crippen LogP contribution in [-0.2, 0) is 6.54 Å². The normalized spacial score (nSPS) is 11.2. The van der Waals surface area contributed by atoms with E-state index in [2.05, 4.69) is 34.1 Å². The number of aliphatic hydroxyl groups is 1. The third kappa shape index (κ3) is 4.21. The van der Waals surface area contributed by atoms with Crippen LogP contribution in [0.25, 0.3) is 0 Å². The SMILES string of the molecule is CCC(CC)N(CCO)Cc1cnc(NN)cn1. The lowest BCUT2D eigenvalue weighted by Crippen LogP contribution is -2.36. The predicted octanol–water partition coefficient (Wildman–Crippen LogP) is 0.745. The Morgan fingerprint density at radius 3 is 2.50 bits per heavy atom. The number of anilines is 1. The summed E-state index contributed by atoms with van der Waals surface area (Å²) in [4.78, 5) is 10.7. The number of nitrogens with one attached hydrogen (secondary N) is 1. The summed E-state index contributed by atoms with van der Waals surface area (Å²) in [6.45, 7) is 5.83. The van der Waals surface area contributed by atoms with Crippen molar-refractivity contribution in [2.75, 3.05) is 18.6 Å². The maximum absolute atomic E-state index is 9.13. The van der Waals surface area contributed by atoms with Crippen LogP contribution in [0, 0.1) is 0 Å². The number of hydrogen-bond donors (Lipinski definition) is 3. The zero-order chi connectivity index (χ0) is 13.4. The molecule has 0 aliphatic heterocycles. The fourth-order valence-corrected chi connectivity index (χ4v) is 2.04. The summed E-state index contributed by atoms with van der Waals surface area (Å²) < 4.78 is 0. The number of aliphatic hydroxyl groups excluding tert-OH is 1. The van der Waals surface area contributed by atoms with Crippen molar-refractivity contribution in [1.82, 2.24) is 14.9 Å². The first-order valence-corrected chi connectivity index (χ1v) is 6.37. The zero-order valence-electron chi connectivity index (χ0n) is 11.1. The second-order valence-corrected chi connectivity index (χ2v) is 4.20. The first kappa shape index (κ1) is 14.8. The molecule has 0 atom stereocenters. The highest BCUT2D eigenvalue weighted by molar-refractivity contribution is 5.28. The second-order valence-electron chi connectivity index (χ2n) is 4.20. The average molecular weight is 253 g/mol. The maximum atomic E-state index is 9.13. The molecule has 4 N–H and O–H groups in total. The lowest BCUT2D eigenvalue weighted by molar-refractivity contribution is 0.135. The van der Waals surface area contributed by atoms with Crippen LogP contribution in [0.5, 0.6) is 0 Å². The molecule has 0 saturated heterocycles. The van der Waals surface area contributed by atoms with Gasteiger partial charge in [-0.3, -0.25) is 9.88 Å². The van der Waals surface area contributed by atoms with E-state index in [0.29, 0.717) is 24.9 Å². The molecule has 0 aliphatic carbocycles. The highest BCUT2D eigenvalue weighted by atomic mass is 16.3. The molecule has 0 unspecified atom stereocenters.